The van der Waals surface area contributed by atoms with Gasteiger partial charge in [-0.25, -0.2) is 9.78 Å². The van der Waals surface area contributed by atoms with Gasteiger partial charge in [0.05, 0.1) is 19.1 Å². The molecule has 8 N–H and O–H groups in total. The van der Waals surface area contributed by atoms with Crippen LogP contribution in [0.1, 0.15) is 19.1 Å². The van der Waals surface area contributed by atoms with Crippen molar-refractivity contribution < 1.29 is 34.8 Å². The molecule has 1 saturated heterocycles. The van der Waals surface area contributed by atoms with Gasteiger partial charge < -0.3 is 36.6 Å². The zero-order valence-electron chi connectivity index (χ0n) is 12.9. The number of hydrogen-bond donors (Lipinski definition) is 6. The molecule has 140 valence electrons. The van der Waals surface area contributed by atoms with Crippen molar-refractivity contribution in [3.8, 4) is 0 Å². The number of nitrogens with two attached hydrogens (primary N) is 2. The zero-order valence-corrected chi connectivity index (χ0v) is 12.9. The monoisotopic (exact) mass is 361 g/mol. The Balaban J connectivity index is 0.000000299. The van der Waals surface area contributed by atoms with Crippen LogP contribution in [-0.4, -0.2) is 71.8 Å². The first kappa shape index (κ1) is 20.4. The van der Waals surface area contributed by atoms with E-state index in [1.54, 1.807) is 0 Å². The molecule has 0 amide bonds. The second-order valence-electron chi connectivity index (χ2n) is 5.06. The molecule has 2 rings (SSSR count). The SMILES string of the molecule is N[C@@H](CC(=O)O)C(=O)O.Nc1ncn([C@H]2C[C@H](O)[C@@H](CO)O2)c(=O)n1. The molecule has 0 radical (unpaired) electrons. The van der Waals surface area contributed by atoms with E-state index in [1.165, 1.54) is 6.33 Å². The minimum absolute atomic E-state index is 0.112. The minimum atomic E-state index is -1.29. The van der Waals surface area contributed by atoms with Gasteiger partial charge >= 0.3 is 17.6 Å². The average molecular weight is 361 g/mol. The zero-order chi connectivity index (χ0) is 19.1. The summed E-state index contributed by atoms with van der Waals surface area (Å²) in [6.45, 7) is -0.303. The van der Waals surface area contributed by atoms with Crippen molar-refractivity contribution in [2.75, 3.05) is 12.3 Å². The first-order chi connectivity index (χ1) is 11.6. The van der Waals surface area contributed by atoms with E-state index in [0.717, 1.165) is 4.57 Å². The fraction of sp³-hybridized carbons (Fsp3) is 0.583. The Hall–Kier alpha value is -2.61. The van der Waals surface area contributed by atoms with Crippen molar-refractivity contribution in [2.45, 2.75) is 37.3 Å². The Bertz CT molecular complexity index is 665. The summed E-state index contributed by atoms with van der Waals surface area (Å²) in [5, 5.41) is 34.4. The van der Waals surface area contributed by atoms with Crippen LogP contribution in [0.2, 0.25) is 0 Å². The molecule has 0 aliphatic carbocycles. The number of nitrogen functional groups attached to an aromatic ring is 1. The molecule has 13 nitrogen and oxygen atoms in total. The van der Waals surface area contributed by atoms with E-state index in [2.05, 4.69) is 9.97 Å². The van der Waals surface area contributed by atoms with Gasteiger partial charge in [-0.1, -0.05) is 0 Å². The Morgan fingerprint density at radius 1 is 1.44 bits per heavy atom. The molecule has 1 aromatic heterocycles. The van der Waals surface area contributed by atoms with Crippen molar-refractivity contribution in [3.05, 3.63) is 16.8 Å². The second kappa shape index (κ2) is 9.03. The summed E-state index contributed by atoms with van der Waals surface area (Å²) in [5.74, 6) is -2.61. The molecule has 4 atom stereocenters. The predicted molar refractivity (Wildman–Crippen MR) is 80.2 cm³/mol. The number of rotatable bonds is 5. The van der Waals surface area contributed by atoms with Crippen LogP contribution in [0.3, 0.4) is 0 Å². The van der Waals surface area contributed by atoms with Gasteiger partial charge in [0.25, 0.3) is 0 Å². The lowest BCUT2D eigenvalue weighted by atomic mass is 10.2. The molecule has 25 heavy (non-hydrogen) atoms. The summed E-state index contributed by atoms with van der Waals surface area (Å²) in [7, 11) is 0. The van der Waals surface area contributed by atoms with E-state index >= 15 is 0 Å². The number of aliphatic hydroxyl groups is 2. The predicted octanol–water partition coefficient (Wildman–Crippen LogP) is -3.27. The van der Waals surface area contributed by atoms with Crippen molar-refractivity contribution in [2.24, 2.45) is 5.73 Å². The van der Waals surface area contributed by atoms with E-state index in [-0.39, 0.29) is 19.0 Å². The number of aliphatic carboxylic acids is 2. The standard InChI is InChI=1S/C8H12N4O4.C4H7NO4/c9-7-10-3-12(8(15)11-7)6-1-4(14)5(2-13)16-6;5-2(4(8)9)1-3(6)7/h3-6,13-14H,1-2H2,(H2,9,11,15);2H,1,5H2,(H,6,7)(H,8,9)/t4-,5+,6+;2-/m00/s1. The van der Waals surface area contributed by atoms with Gasteiger partial charge in [0.1, 0.15) is 24.7 Å². The summed E-state index contributed by atoms with van der Waals surface area (Å²) in [4.78, 5) is 38.2. The smallest absolute Gasteiger partial charge is 0.354 e. The first-order valence-electron chi connectivity index (χ1n) is 7.01. The maximum Gasteiger partial charge on any atom is 0.354 e. The number of aliphatic hydroxyl groups excluding tert-OH is 2. The lowest BCUT2D eigenvalue weighted by Gasteiger charge is -2.13. The third kappa shape index (κ3) is 6.07. The Kier molecular flexibility index (Phi) is 7.38. The second-order valence-corrected chi connectivity index (χ2v) is 5.06. The van der Waals surface area contributed by atoms with Crippen LogP contribution in [0.4, 0.5) is 5.95 Å². The van der Waals surface area contributed by atoms with Gasteiger partial charge in [-0.05, 0) is 0 Å². The van der Waals surface area contributed by atoms with Crippen LogP contribution >= 0.6 is 0 Å². The maximum atomic E-state index is 11.4. The number of carboxylic acid groups (broad SMARTS) is 2. The Labute approximate surface area is 140 Å². The summed E-state index contributed by atoms with van der Waals surface area (Å²) >= 11 is 0. The van der Waals surface area contributed by atoms with Gasteiger partial charge in [-0.15, -0.1) is 0 Å². The number of anilines is 1. The molecule has 1 fully saturated rings. The molecule has 13 heteroatoms. The topological polar surface area (TPSA) is 224 Å². The highest BCUT2D eigenvalue weighted by Crippen LogP contribution is 2.26. The van der Waals surface area contributed by atoms with Gasteiger partial charge in [0.2, 0.25) is 5.95 Å². The van der Waals surface area contributed by atoms with Crippen LogP contribution in [0.5, 0.6) is 0 Å². The van der Waals surface area contributed by atoms with E-state index in [4.69, 9.17) is 31.5 Å². The average Bonchev–Trinajstić information content (AvgIpc) is 2.87. The van der Waals surface area contributed by atoms with Crippen molar-refractivity contribution in [1.82, 2.24) is 14.5 Å². The molecule has 1 aliphatic rings. The molecule has 0 aromatic carbocycles. The first-order valence-corrected chi connectivity index (χ1v) is 7.01. The van der Waals surface area contributed by atoms with Crippen molar-refractivity contribution in [3.63, 3.8) is 0 Å². The molecule has 0 bridgehead atoms. The van der Waals surface area contributed by atoms with Crippen LogP contribution in [0.15, 0.2) is 11.1 Å². The molecule has 0 unspecified atom stereocenters. The third-order valence-electron chi connectivity index (χ3n) is 3.15. The molecule has 2 heterocycles. The normalized spacial score (nSPS) is 23.4. The van der Waals surface area contributed by atoms with E-state index < -0.39 is 48.5 Å². The van der Waals surface area contributed by atoms with E-state index in [1.807, 2.05) is 0 Å². The Morgan fingerprint density at radius 2 is 2.08 bits per heavy atom. The highest BCUT2D eigenvalue weighted by Gasteiger charge is 2.35. The molecular formula is C12H19N5O8. The number of nitrogens with zero attached hydrogens (tertiary/aromatic N) is 3. The Morgan fingerprint density at radius 3 is 2.48 bits per heavy atom. The fourth-order valence-electron chi connectivity index (χ4n) is 1.88. The van der Waals surface area contributed by atoms with Crippen molar-refractivity contribution in [1.29, 1.82) is 0 Å². The molecule has 0 spiro atoms. The van der Waals surface area contributed by atoms with Gasteiger partial charge in [-0.3, -0.25) is 14.2 Å². The summed E-state index contributed by atoms with van der Waals surface area (Å²) in [6.07, 6.45) is -1.27. The lowest BCUT2D eigenvalue weighted by Crippen LogP contribution is -2.32. The highest BCUT2D eigenvalue weighted by atomic mass is 16.5. The van der Waals surface area contributed by atoms with E-state index in [9.17, 15) is 19.5 Å². The summed E-state index contributed by atoms with van der Waals surface area (Å²) in [5.41, 5.74) is 9.48. The summed E-state index contributed by atoms with van der Waals surface area (Å²) in [6, 6.07) is -1.29. The van der Waals surface area contributed by atoms with E-state index in [0.29, 0.717) is 0 Å². The molecule has 1 aromatic rings. The van der Waals surface area contributed by atoms with Gasteiger partial charge in [0.15, 0.2) is 0 Å². The molecule has 0 saturated carbocycles. The van der Waals surface area contributed by atoms with Crippen LogP contribution in [0, 0.1) is 0 Å². The molecular weight excluding hydrogens is 342 g/mol. The van der Waals surface area contributed by atoms with Crippen LogP contribution in [-0.2, 0) is 14.3 Å². The van der Waals surface area contributed by atoms with Gasteiger partial charge in [0, 0.05) is 6.42 Å². The number of carboxylic acids is 2. The number of ether oxygens (including phenoxy) is 1. The lowest BCUT2D eigenvalue weighted by molar-refractivity contribution is -0.144. The third-order valence-corrected chi connectivity index (χ3v) is 3.15. The fourth-order valence-corrected chi connectivity index (χ4v) is 1.88. The maximum absolute atomic E-state index is 11.4. The number of carbonyl (C=O) groups is 2. The number of aromatic nitrogens is 3. The number of hydrogen-bond acceptors (Lipinski definition) is 10. The highest BCUT2D eigenvalue weighted by molar-refractivity contribution is 5.80. The summed E-state index contributed by atoms with van der Waals surface area (Å²) < 4.78 is 6.41. The van der Waals surface area contributed by atoms with Gasteiger partial charge in [-0.2, -0.15) is 4.98 Å². The van der Waals surface area contributed by atoms with Crippen molar-refractivity contribution >= 4 is 17.9 Å². The quantitative estimate of drug-likeness (QED) is 0.304. The van der Waals surface area contributed by atoms with Crippen LogP contribution in [0.25, 0.3) is 0 Å². The largest absolute Gasteiger partial charge is 0.481 e. The minimum Gasteiger partial charge on any atom is -0.481 e. The van der Waals surface area contributed by atoms with Crippen LogP contribution < -0.4 is 17.2 Å². The molecule has 1 aliphatic heterocycles.